The van der Waals surface area contributed by atoms with E-state index in [1.54, 1.807) is 18.2 Å². The predicted octanol–water partition coefficient (Wildman–Crippen LogP) is 5.57. The number of Topliss-reactive ketones (excluding diaryl/α,β-unsaturated/α-hetero) is 1. The van der Waals surface area contributed by atoms with Crippen LogP contribution in [0.25, 0.3) is 0 Å². The molecule has 2 aromatic carbocycles. The standard InChI is InChI=1S/C20H20Cl2N2O/c1-14-6-2-3-7-18(14)24(20-8-4-5-11-23-20)13-19(25)15-9-10-16(21)17(22)12-15/h2-3,6-7,9-10,12H,4-5,8,11,13H2,1H3. The van der Waals surface area contributed by atoms with Crippen LogP contribution in [0.3, 0.4) is 0 Å². The molecule has 3 rings (SSSR count). The molecule has 0 amide bonds. The number of anilines is 1. The zero-order valence-corrected chi connectivity index (χ0v) is 15.6. The fourth-order valence-electron chi connectivity index (χ4n) is 2.99. The minimum atomic E-state index is -0.00454. The molecule has 0 unspecified atom stereocenters. The third-order valence-corrected chi connectivity index (χ3v) is 5.10. The third-order valence-electron chi connectivity index (χ3n) is 4.36. The van der Waals surface area contributed by atoms with Gasteiger partial charge in [0.15, 0.2) is 5.78 Å². The Morgan fingerprint density at radius 1 is 1.12 bits per heavy atom. The first kappa shape index (κ1) is 18.0. The van der Waals surface area contributed by atoms with Crippen LogP contribution in [0.15, 0.2) is 47.5 Å². The summed E-state index contributed by atoms with van der Waals surface area (Å²) in [6.45, 7) is 3.11. The van der Waals surface area contributed by atoms with Crippen LogP contribution in [0.1, 0.15) is 35.2 Å². The van der Waals surface area contributed by atoms with Crippen LogP contribution in [0.2, 0.25) is 10.0 Å². The number of hydrogen-bond donors (Lipinski definition) is 0. The summed E-state index contributed by atoms with van der Waals surface area (Å²) < 4.78 is 0. The number of amidine groups is 1. The van der Waals surface area contributed by atoms with Crippen molar-refractivity contribution in [2.45, 2.75) is 26.2 Å². The molecule has 0 saturated carbocycles. The lowest BCUT2D eigenvalue weighted by atomic mass is 10.1. The predicted molar refractivity (Wildman–Crippen MR) is 105 cm³/mol. The van der Waals surface area contributed by atoms with Gasteiger partial charge in [-0.15, -0.1) is 0 Å². The van der Waals surface area contributed by atoms with Crippen molar-refractivity contribution in [1.29, 1.82) is 0 Å². The molecule has 25 heavy (non-hydrogen) atoms. The van der Waals surface area contributed by atoms with Gasteiger partial charge in [0.05, 0.1) is 16.6 Å². The van der Waals surface area contributed by atoms with Gasteiger partial charge >= 0.3 is 0 Å². The van der Waals surface area contributed by atoms with Crippen molar-refractivity contribution in [3.05, 3.63) is 63.6 Å². The van der Waals surface area contributed by atoms with Gasteiger partial charge in [0.25, 0.3) is 0 Å². The highest BCUT2D eigenvalue weighted by atomic mass is 35.5. The second kappa shape index (κ2) is 8.03. The largest absolute Gasteiger partial charge is 0.322 e. The van der Waals surface area contributed by atoms with E-state index in [2.05, 4.69) is 18.0 Å². The Kier molecular flexibility index (Phi) is 5.77. The van der Waals surface area contributed by atoms with Gasteiger partial charge in [-0.3, -0.25) is 9.79 Å². The normalized spacial score (nSPS) is 14.1. The van der Waals surface area contributed by atoms with Crippen LogP contribution in [0.5, 0.6) is 0 Å². The van der Waals surface area contributed by atoms with Gasteiger partial charge < -0.3 is 4.90 Å². The number of carbonyl (C=O) groups excluding carboxylic acids is 1. The maximum atomic E-state index is 12.8. The number of para-hydroxylation sites is 1. The quantitative estimate of drug-likeness (QED) is 0.654. The smallest absolute Gasteiger partial charge is 0.182 e. The Hall–Kier alpha value is -1.84. The van der Waals surface area contributed by atoms with Crippen LogP contribution in [-0.2, 0) is 0 Å². The van der Waals surface area contributed by atoms with E-state index < -0.39 is 0 Å². The number of aryl methyl sites for hydroxylation is 1. The van der Waals surface area contributed by atoms with Crippen LogP contribution in [0.4, 0.5) is 5.69 Å². The molecule has 0 fully saturated rings. The Labute approximate surface area is 158 Å². The van der Waals surface area contributed by atoms with Crippen LogP contribution < -0.4 is 4.90 Å². The van der Waals surface area contributed by atoms with E-state index in [-0.39, 0.29) is 12.3 Å². The second-order valence-corrected chi connectivity index (χ2v) is 6.99. The first-order chi connectivity index (χ1) is 12.1. The highest BCUT2D eigenvalue weighted by Crippen LogP contribution is 2.26. The topological polar surface area (TPSA) is 32.7 Å². The van der Waals surface area contributed by atoms with Gasteiger partial charge in [0.2, 0.25) is 0 Å². The molecule has 0 bridgehead atoms. The minimum absolute atomic E-state index is 0.00454. The molecule has 0 saturated heterocycles. The first-order valence-electron chi connectivity index (χ1n) is 8.41. The average molecular weight is 375 g/mol. The second-order valence-electron chi connectivity index (χ2n) is 6.18. The fourth-order valence-corrected chi connectivity index (χ4v) is 3.29. The van der Waals surface area contributed by atoms with Gasteiger partial charge in [-0.2, -0.15) is 0 Å². The SMILES string of the molecule is Cc1ccccc1N(CC(=O)c1ccc(Cl)c(Cl)c1)C1=NCCCC1. The molecule has 1 aliphatic rings. The van der Waals surface area contributed by atoms with E-state index in [9.17, 15) is 4.79 Å². The number of ketones is 1. The summed E-state index contributed by atoms with van der Waals surface area (Å²) in [4.78, 5) is 19.6. The maximum Gasteiger partial charge on any atom is 0.182 e. The molecule has 0 aromatic heterocycles. The number of benzene rings is 2. The van der Waals surface area contributed by atoms with Crippen LogP contribution in [0, 0.1) is 6.92 Å². The summed E-state index contributed by atoms with van der Waals surface area (Å²) in [7, 11) is 0. The van der Waals surface area contributed by atoms with Gasteiger partial charge in [-0.25, -0.2) is 0 Å². The van der Waals surface area contributed by atoms with E-state index in [0.717, 1.165) is 42.9 Å². The summed E-state index contributed by atoms with van der Waals surface area (Å²) >= 11 is 12.0. The van der Waals surface area contributed by atoms with Crippen molar-refractivity contribution in [2.24, 2.45) is 4.99 Å². The van der Waals surface area contributed by atoms with Crippen molar-refractivity contribution >= 4 is 40.5 Å². The van der Waals surface area contributed by atoms with Gasteiger partial charge in [-0.05, 0) is 49.6 Å². The molecular formula is C20H20Cl2N2O. The highest BCUT2D eigenvalue weighted by molar-refractivity contribution is 6.42. The van der Waals surface area contributed by atoms with Crippen molar-refractivity contribution in [3.8, 4) is 0 Å². The molecule has 1 heterocycles. The van der Waals surface area contributed by atoms with E-state index in [0.29, 0.717) is 15.6 Å². The van der Waals surface area contributed by atoms with Crippen molar-refractivity contribution < 1.29 is 4.79 Å². The van der Waals surface area contributed by atoms with Crippen molar-refractivity contribution in [1.82, 2.24) is 0 Å². The van der Waals surface area contributed by atoms with Gasteiger partial charge in [0.1, 0.15) is 5.84 Å². The molecule has 0 atom stereocenters. The number of aliphatic imine (C=N–C) groups is 1. The summed E-state index contributed by atoms with van der Waals surface area (Å²) in [6.07, 6.45) is 3.09. The number of rotatable bonds is 4. The van der Waals surface area contributed by atoms with E-state index in [4.69, 9.17) is 23.2 Å². The fraction of sp³-hybridized carbons (Fsp3) is 0.300. The lowest BCUT2D eigenvalue weighted by Crippen LogP contribution is -2.37. The molecule has 1 aliphatic heterocycles. The summed E-state index contributed by atoms with van der Waals surface area (Å²) in [5.74, 6) is 0.976. The Bertz CT molecular complexity index is 817. The summed E-state index contributed by atoms with van der Waals surface area (Å²) in [5, 5.41) is 0.843. The summed E-state index contributed by atoms with van der Waals surface area (Å²) in [5.41, 5.74) is 2.71. The Morgan fingerprint density at radius 2 is 1.92 bits per heavy atom. The summed E-state index contributed by atoms with van der Waals surface area (Å²) in [6, 6.07) is 13.1. The average Bonchev–Trinajstić information content (AvgIpc) is 2.63. The van der Waals surface area contributed by atoms with Gasteiger partial charge in [0, 0.05) is 24.2 Å². The van der Waals surface area contributed by atoms with E-state index in [1.165, 1.54) is 0 Å². The Balaban J connectivity index is 1.92. The molecule has 3 nitrogen and oxygen atoms in total. The highest BCUT2D eigenvalue weighted by Gasteiger charge is 2.21. The molecule has 5 heteroatoms. The number of carbonyl (C=O) groups is 1. The van der Waals surface area contributed by atoms with Crippen LogP contribution in [-0.4, -0.2) is 24.7 Å². The zero-order chi connectivity index (χ0) is 17.8. The molecule has 0 spiro atoms. The third kappa shape index (κ3) is 4.23. The van der Waals surface area contributed by atoms with E-state index in [1.807, 2.05) is 23.1 Å². The van der Waals surface area contributed by atoms with Crippen LogP contribution >= 0.6 is 23.2 Å². The lowest BCUT2D eigenvalue weighted by molar-refractivity contribution is 0.100. The zero-order valence-electron chi connectivity index (χ0n) is 14.1. The molecule has 2 aromatic rings. The number of nitrogens with zero attached hydrogens (tertiary/aromatic N) is 2. The van der Waals surface area contributed by atoms with Crippen molar-refractivity contribution in [2.75, 3.05) is 18.0 Å². The first-order valence-corrected chi connectivity index (χ1v) is 9.16. The monoisotopic (exact) mass is 374 g/mol. The van der Waals surface area contributed by atoms with Crippen molar-refractivity contribution in [3.63, 3.8) is 0 Å². The molecule has 0 aliphatic carbocycles. The number of hydrogen-bond acceptors (Lipinski definition) is 3. The molecule has 130 valence electrons. The lowest BCUT2D eigenvalue weighted by Gasteiger charge is -2.29. The Morgan fingerprint density at radius 3 is 2.60 bits per heavy atom. The van der Waals surface area contributed by atoms with E-state index >= 15 is 0 Å². The number of halogens is 2. The minimum Gasteiger partial charge on any atom is -0.322 e. The molecule has 0 radical (unpaired) electrons. The maximum absolute atomic E-state index is 12.8. The molecule has 0 N–H and O–H groups in total. The molecular weight excluding hydrogens is 355 g/mol. The van der Waals surface area contributed by atoms with Gasteiger partial charge in [-0.1, -0.05) is 41.4 Å².